The molecule has 2 amide bonds. The molecule has 2 N–H and O–H groups in total. The van der Waals surface area contributed by atoms with Crippen LogP contribution in [-0.4, -0.2) is 43.4 Å². The van der Waals surface area contributed by atoms with Gasteiger partial charge in [0.05, 0.1) is 5.92 Å². The molecule has 0 spiro atoms. The summed E-state index contributed by atoms with van der Waals surface area (Å²) in [4.78, 5) is 25.8. The van der Waals surface area contributed by atoms with E-state index in [1.54, 1.807) is 4.90 Å². The van der Waals surface area contributed by atoms with E-state index in [4.69, 9.17) is 0 Å². The number of nitrogens with zero attached hydrogens (tertiary/aromatic N) is 1. The lowest BCUT2D eigenvalue weighted by Gasteiger charge is -2.17. The Bertz CT molecular complexity index is 499. The Hall–Kier alpha value is -1.88. The van der Waals surface area contributed by atoms with Crippen LogP contribution in [0.15, 0.2) is 24.3 Å². The first-order chi connectivity index (χ1) is 10.1. The van der Waals surface area contributed by atoms with E-state index in [9.17, 15) is 9.59 Å². The Labute approximate surface area is 125 Å². The predicted octanol–water partition coefficient (Wildman–Crippen LogP) is 0.679. The molecular weight excluding hydrogens is 266 g/mol. The van der Waals surface area contributed by atoms with E-state index < -0.39 is 0 Å². The third kappa shape index (κ3) is 4.29. The SMILES string of the molecule is CNCCNC(=O)C1CC(=O)N(Cc2ccc(C)cc2)C1. The molecule has 5 nitrogen and oxygen atoms in total. The van der Waals surface area contributed by atoms with Crippen LogP contribution in [0.1, 0.15) is 17.5 Å². The van der Waals surface area contributed by atoms with E-state index in [2.05, 4.69) is 10.6 Å². The van der Waals surface area contributed by atoms with Gasteiger partial charge in [-0.15, -0.1) is 0 Å². The molecular formula is C16H23N3O2. The Kier molecular flexibility index (Phi) is 5.33. The highest BCUT2D eigenvalue weighted by Crippen LogP contribution is 2.20. The number of amides is 2. The van der Waals surface area contributed by atoms with Gasteiger partial charge in [-0.2, -0.15) is 0 Å². The largest absolute Gasteiger partial charge is 0.355 e. The van der Waals surface area contributed by atoms with Crippen molar-refractivity contribution in [2.45, 2.75) is 19.9 Å². The van der Waals surface area contributed by atoms with E-state index in [0.717, 1.165) is 12.1 Å². The summed E-state index contributed by atoms with van der Waals surface area (Å²) in [5.74, 6) is -0.186. The van der Waals surface area contributed by atoms with Crippen LogP contribution in [0, 0.1) is 12.8 Å². The van der Waals surface area contributed by atoms with Crippen molar-refractivity contribution in [3.8, 4) is 0 Å². The molecule has 0 saturated carbocycles. The molecule has 1 aliphatic rings. The average Bonchev–Trinajstić information content (AvgIpc) is 2.83. The number of benzene rings is 1. The molecule has 0 bridgehead atoms. The summed E-state index contributed by atoms with van der Waals surface area (Å²) >= 11 is 0. The van der Waals surface area contributed by atoms with E-state index in [1.807, 2.05) is 38.2 Å². The van der Waals surface area contributed by atoms with Gasteiger partial charge in [0.1, 0.15) is 0 Å². The summed E-state index contributed by atoms with van der Waals surface area (Å²) < 4.78 is 0. The fourth-order valence-electron chi connectivity index (χ4n) is 2.47. The molecule has 0 aromatic heterocycles. The van der Waals surface area contributed by atoms with Crippen molar-refractivity contribution in [3.05, 3.63) is 35.4 Å². The van der Waals surface area contributed by atoms with Gasteiger partial charge in [-0.3, -0.25) is 9.59 Å². The molecule has 1 aliphatic heterocycles. The van der Waals surface area contributed by atoms with Crippen molar-refractivity contribution < 1.29 is 9.59 Å². The highest BCUT2D eigenvalue weighted by atomic mass is 16.2. The van der Waals surface area contributed by atoms with Gasteiger partial charge in [0, 0.05) is 32.6 Å². The normalized spacial score (nSPS) is 18.1. The monoisotopic (exact) mass is 289 g/mol. The Morgan fingerprint density at radius 1 is 1.29 bits per heavy atom. The summed E-state index contributed by atoms with van der Waals surface area (Å²) in [7, 11) is 1.84. The topological polar surface area (TPSA) is 61.4 Å². The number of aryl methyl sites for hydroxylation is 1. The van der Waals surface area contributed by atoms with Gasteiger partial charge in [-0.25, -0.2) is 0 Å². The number of carbonyl (C=O) groups excluding carboxylic acids is 2. The number of hydrogen-bond acceptors (Lipinski definition) is 3. The fourth-order valence-corrected chi connectivity index (χ4v) is 2.47. The Balaban J connectivity index is 1.87. The van der Waals surface area contributed by atoms with Crippen LogP contribution in [0.4, 0.5) is 0 Å². The second kappa shape index (κ2) is 7.22. The van der Waals surface area contributed by atoms with E-state index in [1.165, 1.54) is 5.56 Å². The van der Waals surface area contributed by atoms with E-state index in [0.29, 0.717) is 26.1 Å². The van der Waals surface area contributed by atoms with Crippen molar-refractivity contribution in [2.75, 3.05) is 26.7 Å². The number of likely N-dealkylation sites (N-methyl/N-ethyl adjacent to an activating group) is 1. The smallest absolute Gasteiger partial charge is 0.225 e. The number of likely N-dealkylation sites (tertiary alicyclic amines) is 1. The molecule has 1 aromatic carbocycles. The van der Waals surface area contributed by atoms with Gasteiger partial charge in [-0.05, 0) is 19.5 Å². The molecule has 1 unspecified atom stereocenters. The first-order valence-corrected chi connectivity index (χ1v) is 7.36. The molecule has 21 heavy (non-hydrogen) atoms. The lowest BCUT2D eigenvalue weighted by molar-refractivity contribution is -0.129. The van der Waals surface area contributed by atoms with Crippen LogP contribution < -0.4 is 10.6 Å². The number of nitrogens with one attached hydrogen (secondary N) is 2. The maximum Gasteiger partial charge on any atom is 0.225 e. The third-order valence-corrected chi connectivity index (χ3v) is 3.75. The molecule has 1 fully saturated rings. The summed E-state index contributed by atoms with van der Waals surface area (Å²) in [5.41, 5.74) is 2.30. The van der Waals surface area contributed by atoms with Crippen molar-refractivity contribution in [1.82, 2.24) is 15.5 Å². The summed E-state index contributed by atoms with van der Waals surface area (Å²) in [5, 5.41) is 5.83. The highest BCUT2D eigenvalue weighted by molar-refractivity contribution is 5.89. The zero-order valence-electron chi connectivity index (χ0n) is 12.7. The molecule has 1 atom stereocenters. The van der Waals surface area contributed by atoms with Gasteiger partial charge in [0.15, 0.2) is 0 Å². The highest BCUT2D eigenvalue weighted by Gasteiger charge is 2.33. The third-order valence-electron chi connectivity index (χ3n) is 3.75. The summed E-state index contributed by atoms with van der Waals surface area (Å²) in [6, 6.07) is 8.14. The minimum atomic E-state index is -0.222. The maximum absolute atomic E-state index is 12.0. The van der Waals surface area contributed by atoms with Crippen LogP contribution in [0.2, 0.25) is 0 Å². The average molecular weight is 289 g/mol. The summed E-state index contributed by atoms with van der Waals surface area (Å²) in [6.45, 7) is 4.46. The van der Waals surface area contributed by atoms with Gasteiger partial charge >= 0.3 is 0 Å². The van der Waals surface area contributed by atoms with Gasteiger partial charge in [0.2, 0.25) is 11.8 Å². The number of rotatable bonds is 6. The zero-order valence-corrected chi connectivity index (χ0v) is 12.7. The van der Waals surface area contributed by atoms with Crippen molar-refractivity contribution in [1.29, 1.82) is 0 Å². The van der Waals surface area contributed by atoms with Crippen LogP contribution in [0.5, 0.6) is 0 Å². The van der Waals surface area contributed by atoms with Crippen LogP contribution >= 0.6 is 0 Å². The molecule has 1 saturated heterocycles. The minimum absolute atomic E-state index is 0.0231. The lowest BCUT2D eigenvalue weighted by Crippen LogP contribution is -2.36. The molecule has 2 rings (SSSR count). The second-order valence-electron chi connectivity index (χ2n) is 5.56. The molecule has 1 aromatic rings. The zero-order chi connectivity index (χ0) is 15.2. The van der Waals surface area contributed by atoms with Gasteiger partial charge in [-0.1, -0.05) is 29.8 Å². The van der Waals surface area contributed by atoms with E-state index >= 15 is 0 Å². The molecule has 0 radical (unpaired) electrons. The minimum Gasteiger partial charge on any atom is -0.355 e. The lowest BCUT2D eigenvalue weighted by atomic mass is 10.1. The molecule has 1 heterocycles. The number of hydrogen-bond donors (Lipinski definition) is 2. The fraction of sp³-hybridized carbons (Fsp3) is 0.500. The molecule has 5 heteroatoms. The molecule has 114 valence electrons. The first kappa shape index (κ1) is 15.5. The van der Waals surface area contributed by atoms with Crippen molar-refractivity contribution in [2.24, 2.45) is 5.92 Å². The summed E-state index contributed by atoms with van der Waals surface area (Å²) in [6.07, 6.45) is 0.317. The van der Waals surface area contributed by atoms with Crippen LogP contribution in [-0.2, 0) is 16.1 Å². The Morgan fingerprint density at radius 3 is 2.67 bits per heavy atom. The van der Waals surface area contributed by atoms with E-state index in [-0.39, 0.29) is 17.7 Å². The maximum atomic E-state index is 12.0. The van der Waals surface area contributed by atoms with Crippen LogP contribution in [0.3, 0.4) is 0 Å². The quantitative estimate of drug-likeness (QED) is 0.757. The molecule has 0 aliphatic carbocycles. The van der Waals surface area contributed by atoms with Crippen molar-refractivity contribution >= 4 is 11.8 Å². The Morgan fingerprint density at radius 2 is 2.00 bits per heavy atom. The standard InChI is InChI=1S/C16H23N3O2/c1-12-3-5-13(6-4-12)10-19-11-14(9-15(19)20)16(21)18-8-7-17-2/h3-6,14,17H,7-11H2,1-2H3,(H,18,21). The van der Waals surface area contributed by atoms with Crippen molar-refractivity contribution in [3.63, 3.8) is 0 Å². The first-order valence-electron chi connectivity index (χ1n) is 7.36. The second-order valence-corrected chi connectivity index (χ2v) is 5.56. The number of carbonyl (C=O) groups is 2. The van der Waals surface area contributed by atoms with Gasteiger partial charge < -0.3 is 15.5 Å². The predicted molar refractivity (Wildman–Crippen MR) is 81.6 cm³/mol. The van der Waals surface area contributed by atoms with Crippen LogP contribution in [0.25, 0.3) is 0 Å². The van der Waals surface area contributed by atoms with Gasteiger partial charge in [0.25, 0.3) is 0 Å².